The molecule has 0 aliphatic rings. The molecule has 1 rings (SSSR count). The van der Waals surface area contributed by atoms with Crippen LogP contribution in [-0.4, -0.2) is 10.1 Å². The number of rotatable bonds is 3. The number of halogens is 1. The SMILES string of the molecule is CCCc1cc(Cl)ncc1CO. The molecule has 0 amide bonds. The van der Waals surface area contributed by atoms with Gasteiger partial charge in [-0.15, -0.1) is 0 Å². The van der Waals surface area contributed by atoms with E-state index in [-0.39, 0.29) is 6.61 Å². The molecule has 1 heterocycles. The first-order chi connectivity index (χ1) is 5.77. The van der Waals surface area contributed by atoms with E-state index in [9.17, 15) is 0 Å². The fourth-order valence-corrected chi connectivity index (χ4v) is 1.32. The lowest BCUT2D eigenvalue weighted by atomic mass is 10.1. The molecule has 0 saturated carbocycles. The molecule has 0 bridgehead atoms. The second kappa shape index (κ2) is 4.43. The summed E-state index contributed by atoms with van der Waals surface area (Å²) in [5, 5.41) is 9.45. The molecule has 0 saturated heterocycles. The third kappa shape index (κ3) is 2.19. The first-order valence-corrected chi connectivity index (χ1v) is 4.40. The summed E-state index contributed by atoms with van der Waals surface area (Å²) in [6.45, 7) is 2.13. The molecule has 1 N–H and O–H groups in total. The number of hydrogen-bond donors (Lipinski definition) is 1. The van der Waals surface area contributed by atoms with Crippen LogP contribution in [0.3, 0.4) is 0 Å². The Balaban J connectivity index is 2.95. The predicted molar refractivity (Wildman–Crippen MR) is 49.2 cm³/mol. The molecule has 0 radical (unpaired) electrons. The van der Waals surface area contributed by atoms with Crippen LogP contribution in [0.5, 0.6) is 0 Å². The third-order valence-electron chi connectivity index (χ3n) is 1.74. The Kier molecular flexibility index (Phi) is 3.50. The van der Waals surface area contributed by atoms with E-state index in [1.807, 2.05) is 6.07 Å². The second-order valence-corrected chi connectivity index (χ2v) is 3.07. The van der Waals surface area contributed by atoms with Gasteiger partial charge in [-0.25, -0.2) is 4.98 Å². The molecule has 66 valence electrons. The normalized spacial score (nSPS) is 10.2. The van der Waals surface area contributed by atoms with Crippen LogP contribution in [0.15, 0.2) is 12.3 Å². The van der Waals surface area contributed by atoms with Gasteiger partial charge < -0.3 is 5.11 Å². The van der Waals surface area contributed by atoms with E-state index in [0.717, 1.165) is 24.0 Å². The van der Waals surface area contributed by atoms with Crippen LogP contribution in [0.1, 0.15) is 24.5 Å². The van der Waals surface area contributed by atoms with Gasteiger partial charge >= 0.3 is 0 Å². The van der Waals surface area contributed by atoms with Gasteiger partial charge in [0.15, 0.2) is 0 Å². The van der Waals surface area contributed by atoms with Crippen molar-refractivity contribution in [3.05, 3.63) is 28.5 Å². The Hall–Kier alpha value is -0.600. The highest BCUT2D eigenvalue weighted by Crippen LogP contribution is 2.14. The van der Waals surface area contributed by atoms with Gasteiger partial charge in [-0.1, -0.05) is 24.9 Å². The lowest BCUT2D eigenvalue weighted by Gasteiger charge is -2.04. The fourth-order valence-electron chi connectivity index (χ4n) is 1.14. The van der Waals surface area contributed by atoms with Gasteiger partial charge in [-0.2, -0.15) is 0 Å². The molecule has 0 unspecified atom stereocenters. The first kappa shape index (κ1) is 9.49. The highest BCUT2D eigenvalue weighted by atomic mass is 35.5. The fraction of sp³-hybridized carbons (Fsp3) is 0.444. The molecule has 3 heteroatoms. The summed E-state index contributed by atoms with van der Waals surface area (Å²) in [6, 6.07) is 1.82. The standard InChI is InChI=1S/C9H12ClNO/c1-2-3-7-4-9(10)11-5-8(7)6-12/h4-5,12H,2-3,6H2,1H3. The molecule has 0 atom stereocenters. The summed E-state index contributed by atoms with van der Waals surface area (Å²) >= 11 is 5.72. The van der Waals surface area contributed by atoms with Crippen LogP contribution in [0.25, 0.3) is 0 Å². The number of aryl methyl sites for hydroxylation is 1. The van der Waals surface area contributed by atoms with E-state index >= 15 is 0 Å². The van der Waals surface area contributed by atoms with Crippen molar-refractivity contribution in [2.24, 2.45) is 0 Å². The monoisotopic (exact) mass is 185 g/mol. The zero-order chi connectivity index (χ0) is 8.97. The molecular weight excluding hydrogens is 174 g/mol. The molecule has 0 aliphatic carbocycles. The molecule has 0 aromatic carbocycles. The zero-order valence-electron chi connectivity index (χ0n) is 7.05. The summed E-state index contributed by atoms with van der Waals surface area (Å²) in [4.78, 5) is 3.90. The van der Waals surface area contributed by atoms with Crippen LogP contribution in [0.2, 0.25) is 5.15 Å². The number of aliphatic hydroxyl groups excluding tert-OH is 1. The van der Waals surface area contributed by atoms with Crippen LogP contribution in [0.4, 0.5) is 0 Å². The first-order valence-electron chi connectivity index (χ1n) is 4.02. The Morgan fingerprint density at radius 3 is 2.83 bits per heavy atom. The minimum Gasteiger partial charge on any atom is -0.392 e. The van der Waals surface area contributed by atoms with Gasteiger partial charge in [0.05, 0.1) is 6.61 Å². The number of nitrogens with zero attached hydrogens (tertiary/aromatic N) is 1. The number of aliphatic hydroxyl groups is 1. The Labute approximate surface area is 77.2 Å². The highest BCUT2D eigenvalue weighted by molar-refractivity contribution is 6.29. The molecule has 12 heavy (non-hydrogen) atoms. The van der Waals surface area contributed by atoms with Crippen molar-refractivity contribution < 1.29 is 5.11 Å². The van der Waals surface area contributed by atoms with Gasteiger partial charge in [0, 0.05) is 6.20 Å². The predicted octanol–water partition coefficient (Wildman–Crippen LogP) is 2.18. The van der Waals surface area contributed by atoms with Crippen molar-refractivity contribution >= 4 is 11.6 Å². The van der Waals surface area contributed by atoms with Crippen LogP contribution in [0, 0.1) is 0 Å². The van der Waals surface area contributed by atoms with Crippen LogP contribution >= 0.6 is 11.6 Å². The summed E-state index contributed by atoms with van der Waals surface area (Å²) in [7, 11) is 0. The maximum Gasteiger partial charge on any atom is 0.129 e. The van der Waals surface area contributed by atoms with E-state index in [1.54, 1.807) is 6.20 Å². The van der Waals surface area contributed by atoms with Gasteiger partial charge in [-0.05, 0) is 23.6 Å². The van der Waals surface area contributed by atoms with Gasteiger partial charge in [-0.3, -0.25) is 0 Å². The third-order valence-corrected chi connectivity index (χ3v) is 1.95. The average molecular weight is 186 g/mol. The van der Waals surface area contributed by atoms with Gasteiger partial charge in [0.1, 0.15) is 5.15 Å². The van der Waals surface area contributed by atoms with Crippen molar-refractivity contribution in [3.63, 3.8) is 0 Å². The molecule has 0 fully saturated rings. The lowest BCUT2D eigenvalue weighted by molar-refractivity contribution is 0.280. The second-order valence-electron chi connectivity index (χ2n) is 2.68. The van der Waals surface area contributed by atoms with Gasteiger partial charge in [0.2, 0.25) is 0 Å². The number of pyridine rings is 1. The zero-order valence-corrected chi connectivity index (χ0v) is 7.80. The van der Waals surface area contributed by atoms with Crippen LogP contribution in [-0.2, 0) is 13.0 Å². The smallest absolute Gasteiger partial charge is 0.129 e. The topological polar surface area (TPSA) is 33.1 Å². The van der Waals surface area contributed by atoms with Crippen molar-refractivity contribution in [3.8, 4) is 0 Å². The maximum absolute atomic E-state index is 8.95. The summed E-state index contributed by atoms with van der Waals surface area (Å²) in [6.07, 6.45) is 3.62. The van der Waals surface area contributed by atoms with Crippen molar-refractivity contribution in [1.29, 1.82) is 0 Å². The lowest BCUT2D eigenvalue weighted by Crippen LogP contribution is -1.95. The Morgan fingerprint density at radius 2 is 2.25 bits per heavy atom. The van der Waals surface area contributed by atoms with E-state index in [0.29, 0.717) is 5.15 Å². The minimum absolute atomic E-state index is 0.0412. The molecule has 1 aromatic rings. The largest absolute Gasteiger partial charge is 0.392 e. The van der Waals surface area contributed by atoms with Crippen molar-refractivity contribution in [1.82, 2.24) is 4.98 Å². The summed E-state index contributed by atoms with van der Waals surface area (Å²) in [5.41, 5.74) is 1.97. The number of aromatic nitrogens is 1. The van der Waals surface area contributed by atoms with Crippen LogP contribution < -0.4 is 0 Å². The van der Waals surface area contributed by atoms with Crippen molar-refractivity contribution in [2.45, 2.75) is 26.4 Å². The van der Waals surface area contributed by atoms with Crippen molar-refractivity contribution in [2.75, 3.05) is 0 Å². The Morgan fingerprint density at radius 1 is 1.50 bits per heavy atom. The highest BCUT2D eigenvalue weighted by Gasteiger charge is 2.01. The van der Waals surface area contributed by atoms with E-state index in [4.69, 9.17) is 16.7 Å². The molecule has 1 aromatic heterocycles. The molecule has 0 spiro atoms. The minimum atomic E-state index is 0.0412. The quantitative estimate of drug-likeness (QED) is 0.733. The average Bonchev–Trinajstić information content (AvgIpc) is 2.05. The maximum atomic E-state index is 8.95. The van der Waals surface area contributed by atoms with E-state index < -0.39 is 0 Å². The summed E-state index contributed by atoms with van der Waals surface area (Å²) < 4.78 is 0. The number of hydrogen-bond acceptors (Lipinski definition) is 2. The summed E-state index contributed by atoms with van der Waals surface area (Å²) in [5.74, 6) is 0. The van der Waals surface area contributed by atoms with E-state index in [2.05, 4.69) is 11.9 Å². The molecular formula is C9H12ClNO. The van der Waals surface area contributed by atoms with E-state index in [1.165, 1.54) is 0 Å². The van der Waals surface area contributed by atoms with Gasteiger partial charge in [0.25, 0.3) is 0 Å². The molecule has 2 nitrogen and oxygen atoms in total. The Bertz CT molecular complexity index is 263. The molecule has 0 aliphatic heterocycles.